The fraction of sp³-hybridized carbons (Fsp3) is 0.800. The first-order valence-electron chi connectivity index (χ1n) is 4.62. The van der Waals surface area contributed by atoms with Gasteiger partial charge in [-0.15, -0.1) is 6.58 Å². The van der Waals surface area contributed by atoms with Crippen LogP contribution in [0, 0.1) is 5.92 Å². The molecule has 0 nitrogen and oxygen atoms in total. The second-order valence-electron chi connectivity index (χ2n) is 3.11. The molecule has 11 heavy (non-hydrogen) atoms. The summed E-state index contributed by atoms with van der Waals surface area (Å²) in [5.41, 5.74) is 0. The second kappa shape index (κ2) is 6.51. The molecule has 0 fully saturated rings. The fourth-order valence-electron chi connectivity index (χ4n) is 1.39. The van der Waals surface area contributed by atoms with Crippen LogP contribution < -0.4 is 0 Å². The quantitative estimate of drug-likeness (QED) is 0.402. The number of hydrogen-bond acceptors (Lipinski definition) is 0. The Morgan fingerprint density at radius 1 is 1.36 bits per heavy atom. The minimum absolute atomic E-state index is 0.389. The third-order valence-electron chi connectivity index (χ3n) is 2.34. The molecule has 0 N–H and O–H groups in total. The van der Waals surface area contributed by atoms with Gasteiger partial charge in [0, 0.05) is 0 Å². The van der Waals surface area contributed by atoms with Gasteiger partial charge < -0.3 is 0 Å². The first-order valence-corrected chi connectivity index (χ1v) is 4.62. The number of allylic oxidation sites excluding steroid dienone is 1. The van der Waals surface area contributed by atoms with Crippen LogP contribution in [0.4, 0.5) is 0 Å². The van der Waals surface area contributed by atoms with E-state index in [1.165, 1.54) is 12.8 Å². The van der Waals surface area contributed by atoms with Crippen LogP contribution in [0.15, 0.2) is 12.7 Å². The van der Waals surface area contributed by atoms with Gasteiger partial charge >= 0.3 is 0 Å². The predicted molar refractivity (Wildman–Crippen MR) is 53.0 cm³/mol. The molecule has 0 aromatic carbocycles. The van der Waals surface area contributed by atoms with E-state index in [9.17, 15) is 0 Å². The molecule has 1 heteroatoms. The van der Waals surface area contributed by atoms with Gasteiger partial charge in [0.1, 0.15) is 0 Å². The lowest BCUT2D eigenvalue weighted by atomic mass is 9.72. The van der Waals surface area contributed by atoms with Crippen molar-refractivity contribution in [3.8, 4) is 0 Å². The van der Waals surface area contributed by atoms with Crippen molar-refractivity contribution in [2.24, 2.45) is 5.92 Å². The Balaban J connectivity index is 3.64. The van der Waals surface area contributed by atoms with Gasteiger partial charge in [0.15, 0.2) is 0 Å². The Kier molecular flexibility index (Phi) is 6.40. The molecule has 2 radical (unpaired) electrons. The molecule has 0 aliphatic heterocycles. The lowest BCUT2D eigenvalue weighted by Crippen LogP contribution is -2.07. The minimum Gasteiger partial charge on any atom is -0.103 e. The second-order valence-corrected chi connectivity index (χ2v) is 3.11. The van der Waals surface area contributed by atoms with Gasteiger partial charge in [-0.2, -0.15) is 0 Å². The van der Waals surface area contributed by atoms with E-state index in [0.29, 0.717) is 11.7 Å². The van der Waals surface area contributed by atoms with Crippen molar-refractivity contribution in [3.05, 3.63) is 12.7 Å². The van der Waals surface area contributed by atoms with Gasteiger partial charge in [-0.05, 0) is 18.8 Å². The van der Waals surface area contributed by atoms with E-state index in [1.54, 1.807) is 0 Å². The van der Waals surface area contributed by atoms with Crippen LogP contribution in [0.2, 0.25) is 5.82 Å². The molecule has 0 heterocycles. The third-order valence-corrected chi connectivity index (χ3v) is 2.34. The monoisotopic (exact) mass is 150 g/mol. The molecule has 0 bridgehead atoms. The van der Waals surface area contributed by atoms with E-state index in [0.717, 1.165) is 12.8 Å². The molecular formula is C10H19B. The zero-order chi connectivity index (χ0) is 8.69. The Bertz CT molecular complexity index is 99.0. The molecule has 0 aromatic rings. The lowest BCUT2D eigenvalue weighted by molar-refractivity contribution is 0.436. The summed E-state index contributed by atoms with van der Waals surface area (Å²) in [6, 6.07) is 0. The van der Waals surface area contributed by atoms with Crippen LogP contribution in [-0.4, -0.2) is 7.85 Å². The van der Waals surface area contributed by atoms with E-state index in [2.05, 4.69) is 20.4 Å². The van der Waals surface area contributed by atoms with Gasteiger partial charge in [0.2, 0.25) is 0 Å². The topological polar surface area (TPSA) is 0 Å². The molecule has 1 unspecified atom stereocenters. The minimum atomic E-state index is 0.389. The summed E-state index contributed by atoms with van der Waals surface area (Å²) in [5.74, 6) is 1.08. The smallest absolute Gasteiger partial charge is 0.0703 e. The van der Waals surface area contributed by atoms with E-state index in [1.807, 2.05) is 6.08 Å². The zero-order valence-corrected chi connectivity index (χ0v) is 7.84. The van der Waals surface area contributed by atoms with Crippen LogP contribution in [0.25, 0.3) is 0 Å². The maximum absolute atomic E-state index is 5.93. The molecule has 2 atom stereocenters. The zero-order valence-electron chi connectivity index (χ0n) is 7.84. The standard InChI is InChI=1S/C10H19B/c1-4-7-8-9(5-2)10(11)6-3/h4,9-10H,1,5-8H2,2-3H3/t9-,10?/m0/s1. The van der Waals surface area contributed by atoms with Gasteiger partial charge in [-0.25, -0.2) is 0 Å². The van der Waals surface area contributed by atoms with Gasteiger partial charge in [0.05, 0.1) is 7.85 Å². The predicted octanol–water partition coefficient (Wildman–Crippen LogP) is 3.35. The Morgan fingerprint density at radius 2 is 2.00 bits per heavy atom. The summed E-state index contributed by atoms with van der Waals surface area (Å²) in [6.45, 7) is 8.08. The molecule has 0 rings (SSSR count). The first-order chi connectivity index (χ1) is 5.26. The van der Waals surface area contributed by atoms with Crippen molar-refractivity contribution < 1.29 is 0 Å². The van der Waals surface area contributed by atoms with Crippen molar-refractivity contribution in [2.45, 2.75) is 45.3 Å². The molecule has 0 aromatic heterocycles. The van der Waals surface area contributed by atoms with Crippen LogP contribution in [0.1, 0.15) is 39.5 Å². The molecule has 0 spiro atoms. The van der Waals surface area contributed by atoms with E-state index in [4.69, 9.17) is 7.85 Å². The average molecular weight is 150 g/mol. The maximum atomic E-state index is 5.93. The Morgan fingerprint density at radius 3 is 2.36 bits per heavy atom. The third kappa shape index (κ3) is 4.29. The highest BCUT2D eigenvalue weighted by Gasteiger charge is 2.11. The van der Waals surface area contributed by atoms with Crippen molar-refractivity contribution in [1.82, 2.24) is 0 Å². The van der Waals surface area contributed by atoms with E-state index < -0.39 is 0 Å². The molecule has 0 saturated heterocycles. The number of hydrogen-bond donors (Lipinski definition) is 0. The number of rotatable bonds is 6. The highest BCUT2D eigenvalue weighted by Crippen LogP contribution is 2.26. The van der Waals surface area contributed by atoms with Gasteiger partial charge in [0.25, 0.3) is 0 Å². The summed E-state index contributed by atoms with van der Waals surface area (Å²) in [5, 5.41) is 0. The van der Waals surface area contributed by atoms with E-state index in [-0.39, 0.29) is 0 Å². The van der Waals surface area contributed by atoms with Crippen molar-refractivity contribution in [2.75, 3.05) is 0 Å². The molecule has 0 saturated carbocycles. The largest absolute Gasteiger partial charge is 0.103 e. The van der Waals surface area contributed by atoms with Crippen LogP contribution in [0.3, 0.4) is 0 Å². The summed E-state index contributed by atoms with van der Waals surface area (Å²) in [7, 11) is 5.93. The van der Waals surface area contributed by atoms with E-state index >= 15 is 0 Å². The fourth-order valence-corrected chi connectivity index (χ4v) is 1.39. The summed E-state index contributed by atoms with van der Waals surface area (Å²) in [6.07, 6.45) is 6.57. The normalized spacial score (nSPS) is 15.8. The molecule has 62 valence electrons. The Hall–Kier alpha value is -0.195. The van der Waals surface area contributed by atoms with Crippen molar-refractivity contribution in [3.63, 3.8) is 0 Å². The SMILES string of the molecule is [B]C(CC)[C@@H](CC)CCC=C. The van der Waals surface area contributed by atoms with Gasteiger partial charge in [-0.3, -0.25) is 0 Å². The first kappa shape index (κ1) is 10.8. The highest BCUT2D eigenvalue weighted by atomic mass is 14.1. The lowest BCUT2D eigenvalue weighted by Gasteiger charge is -2.20. The molecule has 0 aliphatic rings. The van der Waals surface area contributed by atoms with Crippen molar-refractivity contribution >= 4 is 7.85 Å². The van der Waals surface area contributed by atoms with Crippen LogP contribution >= 0.6 is 0 Å². The van der Waals surface area contributed by atoms with Crippen LogP contribution in [0.5, 0.6) is 0 Å². The summed E-state index contributed by atoms with van der Waals surface area (Å²) in [4.78, 5) is 0. The van der Waals surface area contributed by atoms with Crippen molar-refractivity contribution in [1.29, 1.82) is 0 Å². The summed E-state index contributed by atoms with van der Waals surface area (Å²) >= 11 is 0. The summed E-state index contributed by atoms with van der Waals surface area (Å²) < 4.78 is 0. The molecular weight excluding hydrogens is 131 g/mol. The molecule has 0 amide bonds. The highest BCUT2D eigenvalue weighted by molar-refractivity contribution is 6.11. The maximum Gasteiger partial charge on any atom is 0.0703 e. The van der Waals surface area contributed by atoms with Gasteiger partial charge in [-0.1, -0.05) is 38.6 Å². The average Bonchev–Trinajstić information content (AvgIpc) is 2.05. The molecule has 0 aliphatic carbocycles. The van der Waals surface area contributed by atoms with Crippen LogP contribution in [-0.2, 0) is 0 Å². The Labute approximate surface area is 72.5 Å².